The van der Waals surface area contributed by atoms with Crippen LogP contribution in [0.2, 0.25) is 0 Å². The summed E-state index contributed by atoms with van der Waals surface area (Å²) in [6, 6.07) is 7.04. The first-order valence-electron chi connectivity index (χ1n) is 5.59. The Morgan fingerprint density at radius 3 is 2.44 bits per heavy atom. The molecule has 1 N–H and O–H groups in total. The molecule has 0 aliphatic heterocycles. The molecule has 0 heterocycles. The Kier molecular flexibility index (Phi) is 5.85. The van der Waals surface area contributed by atoms with Crippen LogP contribution < -0.4 is 5.32 Å². The molecule has 1 amide bonds. The number of carbonyl (C=O) groups excluding carboxylic acids is 2. The van der Waals surface area contributed by atoms with Gasteiger partial charge in [-0.1, -0.05) is 28.1 Å². The molecule has 1 rings (SSSR count). The molecule has 18 heavy (non-hydrogen) atoms. The van der Waals surface area contributed by atoms with Gasteiger partial charge in [0.25, 0.3) is 5.91 Å². The molecule has 1 aromatic carbocycles. The van der Waals surface area contributed by atoms with E-state index in [-0.39, 0.29) is 24.3 Å². The normalized spacial score (nSPS) is 11.7. The summed E-state index contributed by atoms with van der Waals surface area (Å²) < 4.78 is 4.54. The van der Waals surface area contributed by atoms with Gasteiger partial charge >= 0.3 is 5.97 Å². The van der Waals surface area contributed by atoms with E-state index in [1.54, 1.807) is 19.1 Å². The van der Waals surface area contributed by atoms with Crippen molar-refractivity contribution in [2.24, 2.45) is 0 Å². The van der Waals surface area contributed by atoms with Crippen LogP contribution in [0.3, 0.4) is 0 Å². The van der Waals surface area contributed by atoms with E-state index in [4.69, 9.17) is 0 Å². The Morgan fingerprint density at radius 2 is 1.94 bits per heavy atom. The molecule has 0 aliphatic rings. The van der Waals surface area contributed by atoms with Gasteiger partial charge in [-0.15, -0.1) is 0 Å². The van der Waals surface area contributed by atoms with E-state index in [2.05, 4.69) is 26.0 Å². The fraction of sp³-hybridized carbons (Fsp3) is 0.385. The highest BCUT2D eigenvalue weighted by molar-refractivity contribution is 9.08. The summed E-state index contributed by atoms with van der Waals surface area (Å²) in [4.78, 5) is 22.9. The standard InChI is InChI=1S/C13H16BrNO3/c1-9(7-12(16)18-2)15-13(17)11-5-3-10(8-14)4-6-11/h3-6,9H,7-8H2,1-2H3,(H,15,17). The number of hydrogen-bond donors (Lipinski definition) is 1. The molecule has 0 bridgehead atoms. The molecule has 4 nitrogen and oxygen atoms in total. The Morgan fingerprint density at radius 1 is 1.33 bits per heavy atom. The fourth-order valence-corrected chi connectivity index (χ4v) is 1.81. The first-order valence-corrected chi connectivity index (χ1v) is 6.71. The first kappa shape index (κ1) is 14.7. The molecule has 5 heteroatoms. The molecule has 0 spiro atoms. The number of methoxy groups -OCH3 is 1. The smallest absolute Gasteiger partial charge is 0.307 e. The van der Waals surface area contributed by atoms with Crippen LogP contribution in [0, 0.1) is 0 Å². The van der Waals surface area contributed by atoms with Crippen LogP contribution in [0.15, 0.2) is 24.3 Å². The number of amides is 1. The SMILES string of the molecule is COC(=O)CC(C)NC(=O)c1ccc(CBr)cc1. The predicted octanol–water partition coefficient (Wildman–Crippen LogP) is 2.26. The van der Waals surface area contributed by atoms with Crippen LogP contribution >= 0.6 is 15.9 Å². The number of rotatable bonds is 5. The largest absolute Gasteiger partial charge is 0.469 e. The van der Waals surface area contributed by atoms with Gasteiger partial charge in [0.1, 0.15) is 0 Å². The van der Waals surface area contributed by atoms with Gasteiger partial charge in [0, 0.05) is 16.9 Å². The minimum Gasteiger partial charge on any atom is -0.469 e. The molecule has 0 fully saturated rings. The second-order valence-electron chi connectivity index (χ2n) is 3.99. The van der Waals surface area contributed by atoms with E-state index in [1.165, 1.54) is 7.11 Å². The number of nitrogens with one attached hydrogen (secondary N) is 1. The molecular formula is C13H16BrNO3. The number of esters is 1. The number of benzene rings is 1. The van der Waals surface area contributed by atoms with Crippen molar-refractivity contribution in [1.29, 1.82) is 0 Å². The lowest BCUT2D eigenvalue weighted by Gasteiger charge is -2.12. The van der Waals surface area contributed by atoms with Crippen LogP contribution in [0.4, 0.5) is 0 Å². The third-order valence-electron chi connectivity index (χ3n) is 2.45. The minimum atomic E-state index is -0.336. The average molecular weight is 314 g/mol. The molecule has 0 radical (unpaired) electrons. The van der Waals surface area contributed by atoms with Gasteiger partial charge in [0.2, 0.25) is 0 Å². The van der Waals surface area contributed by atoms with Crippen LogP contribution in [0.5, 0.6) is 0 Å². The summed E-state index contributed by atoms with van der Waals surface area (Å²) in [5.74, 6) is -0.523. The fourth-order valence-electron chi connectivity index (χ4n) is 1.44. The van der Waals surface area contributed by atoms with Crippen LogP contribution in [0.1, 0.15) is 29.3 Å². The molecule has 1 aromatic rings. The summed E-state index contributed by atoms with van der Waals surface area (Å²) in [7, 11) is 1.33. The van der Waals surface area contributed by atoms with E-state index in [0.29, 0.717) is 5.56 Å². The van der Waals surface area contributed by atoms with Crippen LogP contribution in [0.25, 0.3) is 0 Å². The van der Waals surface area contributed by atoms with Gasteiger partial charge in [-0.2, -0.15) is 0 Å². The Balaban J connectivity index is 2.56. The monoisotopic (exact) mass is 313 g/mol. The van der Waals surface area contributed by atoms with E-state index >= 15 is 0 Å². The number of hydrogen-bond acceptors (Lipinski definition) is 3. The van der Waals surface area contributed by atoms with Gasteiger partial charge in [-0.3, -0.25) is 9.59 Å². The number of halogens is 1. The van der Waals surface area contributed by atoms with Gasteiger partial charge in [-0.05, 0) is 24.6 Å². The van der Waals surface area contributed by atoms with Gasteiger partial charge < -0.3 is 10.1 Å². The van der Waals surface area contributed by atoms with Crippen molar-refractivity contribution in [3.05, 3.63) is 35.4 Å². The molecule has 0 saturated heterocycles. The van der Waals surface area contributed by atoms with E-state index in [0.717, 1.165) is 10.9 Å². The lowest BCUT2D eigenvalue weighted by Crippen LogP contribution is -2.34. The van der Waals surface area contributed by atoms with Crippen molar-refractivity contribution in [2.45, 2.75) is 24.7 Å². The minimum absolute atomic E-state index is 0.168. The summed E-state index contributed by atoms with van der Waals surface area (Å²) >= 11 is 3.34. The summed E-state index contributed by atoms with van der Waals surface area (Å²) in [6.45, 7) is 1.77. The highest BCUT2D eigenvalue weighted by atomic mass is 79.9. The lowest BCUT2D eigenvalue weighted by molar-refractivity contribution is -0.141. The van der Waals surface area contributed by atoms with E-state index in [1.807, 2.05) is 12.1 Å². The number of carbonyl (C=O) groups is 2. The Labute approximate surface area is 115 Å². The number of alkyl halides is 1. The molecular weight excluding hydrogens is 298 g/mol. The van der Waals surface area contributed by atoms with Gasteiger partial charge in [-0.25, -0.2) is 0 Å². The zero-order valence-corrected chi connectivity index (χ0v) is 12.0. The van der Waals surface area contributed by atoms with E-state index < -0.39 is 0 Å². The average Bonchev–Trinajstić information content (AvgIpc) is 2.38. The second-order valence-corrected chi connectivity index (χ2v) is 4.55. The van der Waals surface area contributed by atoms with Crippen LogP contribution in [-0.2, 0) is 14.9 Å². The van der Waals surface area contributed by atoms with Crippen molar-refractivity contribution in [3.63, 3.8) is 0 Å². The van der Waals surface area contributed by atoms with Gasteiger partial charge in [0.15, 0.2) is 0 Å². The summed E-state index contributed by atoms with van der Waals surface area (Å²) in [6.07, 6.45) is 0.168. The predicted molar refractivity (Wildman–Crippen MR) is 72.6 cm³/mol. The highest BCUT2D eigenvalue weighted by Gasteiger charge is 2.13. The molecule has 0 aromatic heterocycles. The Bertz CT molecular complexity index is 417. The third-order valence-corrected chi connectivity index (χ3v) is 3.10. The quantitative estimate of drug-likeness (QED) is 0.670. The summed E-state index contributed by atoms with van der Waals surface area (Å²) in [5.41, 5.74) is 1.69. The van der Waals surface area contributed by atoms with Crippen LogP contribution in [-0.4, -0.2) is 25.0 Å². The molecule has 1 atom stereocenters. The molecule has 0 aliphatic carbocycles. The van der Waals surface area contributed by atoms with E-state index in [9.17, 15) is 9.59 Å². The molecule has 0 saturated carbocycles. The zero-order chi connectivity index (χ0) is 13.5. The highest BCUT2D eigenvalue weighted by Crippen LogP contribution is 2.08. The maximum Gasteiger partial charge on any atom is 0.307 e. The Hall–Kier alpha value is -1.36. The second kappa shape index (κ2) is 7.16. The van der Waals surface area contributed by atoms with Crippen molar-refractivity contribution in [3.8, 4) is 0 Å². The molecule has 98 valence electrons. The topological polar surface area (TPSA) is 55.4 Å². The summed E-state index contributed by atoms with van der Waals surface area (Å²) in [5, 5.41) is 3.50. The molecule has 1 unspecified atom stereocenters. The van der Waals surface area contributed by atoms with Crippen molar-refractivity contribution in [2.75, 3.05) is 7.11 Å². The number of ether oxygens (including phenoxy) is 1. The first-order chi connectivity index (χ1) is 8.56. The van der Waals surface area contributed by atoms with Crippen molar-refractivity contribution in [1.82, 2.24) is 5.32 Å². The third kappa shape index (κ3) is 4.49. The van der Waals surface area contributed by atoms with Gasteiger partial charge in [0.05, 0.1) is 13.5 Å². The maximum absolute atomic E-state index is 11.8. The zero-order valence-electron chi connectivity index (χ0n) is 10.4. The van der Waals surface area contributed by atoms with Crippen molar-refractivity contribution < 1.29 is 14.3 Å². The lowest BCUT2D eigenvalue weighted by atomic mass is 10.1. The maximum atomic E-state index is 11.8. The van der Waals surface area contributed by atoms with Crippen molar-refractivity contribution >= 4 is 27.8 Å².